The van der Waals surface area contributed by atoms with Crippen LogP contribution in [0.3, 0.4) is 0 Å². The molecule has 0 amide bonds. The Morgan fingerprint density at radius 1 is 1.04 bits per heavy atom. The lowest BCUT2D eigenvalue weighted by atomic mass is 9.93. The van der Waals surface area contributed by atoms with Crippen molar-refractivity contribution in [1.82, 2.24) is 19.6 Å². The highest BCUT2D eigenvalue weighted by Crippen LogP contribution is 2.30. The molecule has 120 valence electrons. The normalized spacial score (nSPS) is 12.2. The Bertz CT molecular complexity index is 1050. The van der Waals surface area contributed by atoms with E-state index in [2.05, 4.69) is 35.8 Å². The minimum absolute atomic E-state index is 0.0478. The number of rotatable bonds is 1. The highest BCUT2D eigenvalue weighted by atomic mass is 35.5. The van der Waals surface area contributed by atoms with Gasteiger partial charge in [-0.2, -0.15) is 9.61 Å². The summed E-state index contributed by atoms with van der Waals surface area (Å²) in [5.74, 6) is 0. The van der Waals surface area contributed by atoms with Crippen LogP contribution in [0, 0.1) is 0 Å². The number of fused-ring (bicyclic) bond motifs is 3. The van der Waals surface area contributed by atoms with Crippen molar-refractivity contribution in [3.8, 4) is 11.1 Å². The molecule has 1 aromatic carbocycles. The van der Waals surface area contributed by atoms with Gasteiger partial charge < -0.3 is 0 Å². The molecule has 0 bridgehead atoms. The Morgan fingerprint density at radius 2 is 1.79 bits per heavy atom. The number of pyridine rings is 1. The first-order chi connectivity index (χ1) is 11.4. The Labute approximate surface area is 145 Å². The third-order valence-electron chi connectivity index (χ3n) is 4.06. The molecule has 4 nitrogen and oxygen atoms in total. The van der Waals surface area contributed by atoms with Crippen molar-refractivity contribution in [3.05, 3.63) is 59.5 Å². The van der Waals surface area contributed by atoms with Crippen LogP contribution < -0.4 is 0 Å². The highest BCUT2D eigenvalue weighted by Gasteiger charge is 2.19. The molecule has 3 heterocycles. The fourth-order valence-corrected chi connectivity index (χ4v) is 2.95. The second-order valence-electron chi connectivity index (χ2n) is 6.91. The number of aromatic nitrogens is 4. The maximum Gasteiger partial charge on any atom is 0.166 e. The van der Waals surface area contributed by atoms with Gasteiger partial charge in [-0.15, -0.1) is 0 Å². The minimum Gasteiger partial charge on any atom is -0.236 e. The Morgan fingerprint density at radius 3 is 2.50 bits per heavy atom. The molecule has 0 saturated carbocycles. The summed E-state index contributed by atoms with van der Waals surface area (Å²) in [5.41, 5.74) is 4.37. The van der Waals surface area contributed by atoms with Crippen LogP contribution in [0.25, 0.3) is 27.8 Å². The lowest BCUT2D eigenvalue weighted by Gasteiger charge is -2.13. The van der Waals surface area contributed by atoms with Crippen molar-refractivity contribution in [2.75, 3.05) is 0 Å². The largest absolute Gasteiger partial charge is 0.236 e. The molecular formula is C19H17ClN4. The van der Waals surface area contributed by atoms with Crippen LogP contribution in [-0.2, 0) is 5.41 Å². The molecule has 4 rings (SSSR count). The van der Waals surface area contributed by atoms with E-state index in [1.165, 1.54) is 0 Å². The van der Waals surface area contributed by atoms with Crippen LogP contribution in [0.4, 0.5) is 0 Å². The summed E-state index contributed by atoms with van der Waals surface area (Å²) in [4.78, 5) is 9.13. The lowest BCUT2D eigenvalue weighted by Crippen LogP contribution is -2.12. The second kappa shape index (κ2) is 5.28. The molecule has 5 heteroatoms. The van der Waals surface area contributed by atoms with Crippen molar-refractivity contribution < 1.29 is 0 Å². The van der Waals surface area contributed by atoms with Gasteiger partial charge in [0.15, 0.2) is 11.3 Å². The number of nitrogens with zero attached hydrogens (tertiary/aromatic N) is 4. The molecule has 0 aliphatic rings. The fraction of sp³-hybridized carbons (Fsp3) is 0.211. The molecule has 0 fully saturated rings. The first-order valence-corrected chi connectivity index (χ1v) is 8.22. The van der Waals surface area contributed by atoms with Gasteiger partial charge in [-0.3, -0.25) is 0 Å². The molecular weight excluding hydrogens is 320 g/mol. The summed E-state index contributed by atoms with van der Waals surface area (Å²) in [7, 11) is 0. The Balaban J connectivity index is 1.98. The topological polar surface area (TPSA) is 43.1 Å². The van der Waals surface area contributed by atoms with Crippen molar-refractivity contribution >= 4 is 28.3 Å². The van der Waals surface area contributed by atoms with Crippen LogP contribution in [-0.4, -0.2) is 19.6 Å². The maximum atomic E-state index is 6.46. The molecule has 0 saturated heterocycles. The zero-order valence-corrected chi connectivity index (χ0v) is 14.5. The molecule has 3 aromatic heterocycles. The summed E-state index contributed by atoms with van der Waals surface area (Å²) < 4.78 is 1.77. The average molecular weight is 337 g/mol. The third-order valence-corrected chi connectivity index (χ3v) is 4.35. The quantitative estimate of drug-likeness (QED) is 0.464. The van der Waals surface area contributed by atoms with E-state index < -0.39 is 0 Å². The highest BCUT2D eigenvalue weighted by molar-refractivity contribution is 6.32. The number of hydrogen-bond donors (Lipinski definition) is 0. The molecule has 0 aliphatic carbocycles. The summed E-state index contributed by atoms with van der Waals surface area (Å²) in [6.45, 7) is 6.39. The molecule has 0 spiro atoms. The van der Waals surface area contributed by atoms with Gasteiger partial charge in [0.2, 0.25) is 0 Å². The van der Waals surface area contributed by atoms with Gasteiger partial charge in [0.05, 0.1) is 5.69 Å². The van der Waals surface area contributed by atoms with E-state index in [4.69, 9.17) is 11.6 Å². The molecule has 0 unspecified atom stereocenters. The zero-order valence-electron chi connectivity index (χ0n) is 13.8. The van der Waals surface area contributed by atoms with Gasteiger partial charge in [-0.25, -0.2) is 9.97 Å². The summed E-state index contributed by atoms with van der Waals surface area (Å²) in [5, 5.41) is 6.07. The summed E-state index contributed by atoms with van der Waals surface area (Å²) in [6.07, 6.45) is 1.83. The van der Waals surface area contributed by atoms with E-state index in [9.17, 15) is 0 Å². The number of halogens is 1. The predicted molar refractivity (Wildman–Crippen MR) is 97.4 cm³/mol. The zero-order chi connectivity index (χ0) is 16.9. The number of benzene rings is 1. The van der Waals surface area contributed by atoms with Crippen LogP contribution in [0.1, 0.15) is 26.5 Å². The third kappa shape index (κ3) is 2.43. The Kier molecular flexibility index (Phi) is 3.32. The molecule has 0 atom stereocenters. The summed E-state index contributed by atoms with van der Waals surface area (Å²) in [6, 6.07) is 14.0. The van der Waals surface area contributed by atoms with Gasteiger partial charge >= 0.3 is 0 Å². The van der Waals surface area contributed by atoms with Gasteiger partial charge in [-0.05, 0) is 11.6 Å². The average Bonchev–Trinajstić information content (AvgIpc) is 3.00. The molecule has 0 aliphatic heterocycles. The van der Waals surface area contributed by atoms with Gasteiger partial charge in [0.25, 0.3) is 0 Å². The molecule has 0 N–H and O–H groups in total. The molecule has 24 heavy (non-hydrogen) atoms. The van der Waals surface area contributed by atoms with Crippen LogP contribution >= 0.6 is 11.6 Å². The summed E-state index contributed by atoms with van der Waals surface area (Å²) >= 11 is 6.46. The number of hydrogen-bond acceptors (Lipinski definition) is 3. The van der Waals surface area contributed by atoms with E-state index in [0.29, 0.717) is 5.15 Å². The fourth-order valence-electron chi connectivity index (χ4n) is 2.70. The van der Waals surface area contributed by atoms with Gasteiger partial charge in [-0.1, -0.05) is 62.7 Å². The minimum atomic E-state index is -0.0478. The smallest absolute Gasteiger partial charge is 0.166 e. The van der Waals surface area contributed by atoms with E-state index in [1.807, 2.05) is 48.7 Å². The van der Waals surface area contributed by atoms with Crippen molar-refractivity contribution in [1.29, 1.82) is 0 Å². The van der Waals surface area contributed by atoms with E-state index >= 15 is 0 Å². The van der Waals surface area contributed by atoms with Crippen molar-refractivity contribution in [2.24, 2.45) is 0 Å². The monoisotopic (exact) mass is 336 g/mol. The van der Waals surface area contributed by atoms with Gasteiger partial charge in [0.1, 0.15) is 5.15 Å². The van der Waals surface area contributed by atoms with Crippen LogP contribution in [0.2, 0.25) is 5.15 Å². The molecule has 0 radical (unpaired) electrons. The maximum absolute atomic E-state index is 6.46. The van der Waals surface area contributed by atoms with Crippen molar-refractivity contribution in [2.45, 2.75) is 26.2 Å². The van der Waals surface area contributed by atoms with E-state index in [1.54, 1.807) is 4.52 Å². The first-order valence-electron chi connectivity index (χ1n) is 7.84. The van der Waals surface area contributed by atoms with Crippen molar-refractivity contribution in [3.63, 3.8) is 0 Å². The SMILES string of the molecule is CC(C)(C)c1cc2ncc3cc(-c4ccccc4)c(Cl)nc3n2n1. The van der Waals surface area contributed by atoms with E-state index in [-0.39, 0.29) is 5.41 Å². The molecule has 4 aromatic rings. The first kappa shape index (κ1) is 15.1. The lowest BCUT2D eigenvalue weighted by molar-refractivity contribution is 0.563. The van der Waals surface area contributed by atoms with Crippen LogP contribution in [0.15, 0.2) is 48.7 Å². The van der Waals surface area contributed by atoms with Crippen LogP contribution in [0.5, 0.6) is 0 Å². The Hall–Kier alpha value is -2.46. The van der Waals surface area contributed by atoms with Gasteiger partial charge in [0, 0.05) is 28.6 Å². The standard InChI is InChI=1S/C19H17ClN4/c1-19(2,3)15-10-16-21-11-13-9-14(12-7-5-4-6-8-12)17(20)22-18(13)24(16)23-15/h4-11H,1-3H3. The predicted octanol–water partition coefficient (Wildman–Crippen LogP) is 4.90. The second-order valence-corrected chi connectivity index (χ2v) is 7.27. The van der Waals surface area contributed by atoms with E-state index in [0.717, 1.165) is 33.5 Å².